The highest BCUT2D eigenvalue weighted by atomic mass is 16.2. The molecule has 2 aliphatic rings. The molecule has 0 aromatic carbocycles. The maximum absolute atomic E-state index is 12.9. The first-order valence-corrected chi connectivity index (χ1v) is 9.25. The van der Waals surface area contributed by atoms with E-state index in [1.54, 1.807) is 0 Å². The van der Waals surface area contributed by atoms with E-state index in [0.717, 1.165) is 44.8 Å². The summed E-state index contributed by atoms with van der Waals surface area (Å²) in [4.78, 5) is 33.4. The van der Waals surface area contributed by atoms with Crippen molar-refractivity contribution >= 4 is 11.9 Å². The van der Waals surface area contributed by atoms with Crippen LogP contribution in [0.1, 0.15) is 46.4 Å². The van der Waals surface area contributed by atoms with Gasteiger partial charge in [-0.25, -0.2) is 9.78 Å². The number of likely N-dealkylation sites (tertiary alicyclic amines) is 1. The Morgan fingerprint density at radius 3 is 2.80 bits per heavy atom. The monoisotopic (exact) mass is 347 g/mol. The molecular weight excluding hydrogens is 318 g/mol. The van der Waals surface area contributed by atoms with Crippen LogP contribution in [-0.4, -0.2) is 56.0 Å². The van der Waals surface area contributed by atoms with Crippen LogP contribution in [0.4, 0.5) is 4.79 Å². The molecule has 25 heavy (non-hydrogen) atoms. The second-order valence-corrected chi connectivity index (χ2v) is 7.61. The molecule has 7 nitrogen and oxygen atoms in total. The number of aryl methyl sites for hydroxylation is 1. The van der Waals surface area contributed by atoms with Gasteiger partial charge in [-0.3, -0.25) is 14.6 Å². The number of nitrogens with one attached hydrogen (secondary N) is 1. The number of carbonyl (C=O) groups is 2. The Labute approximate surface area is 149 Å². The lowest BCUT2D eigenvalue weighted by Gasteiger charge is -2.39. The number of nitrogens with zero attached hydrogens (tertiary/aromatic N) is 4. The van der Waals surface area contributed by atoms with Crippen molar-refractivity contribution in [1.82, 2.24) is 24.7 Å². The number of hydrogen-bond donors (Lipinski definition) is 1. The molecule has 7 heteroatoms. The highest BCUT2D eigenvalue weighted by Crippen LogP contribution is 2.33. The highest BCUT2D eigenvalue weighted by Gasteiger charge is 2.53. The maximum Gasteiger partial charge on any atom is 0.325 e. The van der Waals surface area contributed by atoms with Gasteiger partial charge in [0.15, 0.2) is 0 Å². The molecule has 3 rings (SSSR count). The fourth-order valence-corrected chi connectivity index (χ4v) is 4.07. The van der Waals surface area contributed by atoms with E-state index in [-0.39, 0.29) is 23.9 Å². The molecule has 2 fully saturated rings. The van der Waals surface area contributed by atoms with E-state index in [2.05, 4.69) is 26.7 Å². The van der Waals surface area contributed by atoms with Gasteiger partial charge in [0.2, 0.25) is 0 Å². The number of piperidine rings is 1. The smallest absolute Gasteiger partial charge is 0.325 e. The van der Waals surface area contributed by atoms with E-state index in [0.29, 0.717) is 0 Å². The van der Waals surface area contributed by atoms with Crippen LogP contribution in [-0.2, 0) is 17.9 Å². The fourth-order valence-electron chi connectivity index (χ4n) is 4.07. The van der Waals surface area contributed by atoms with Crippen molar-refractivity contribution in [3.05, 3.63) is 18.2 Å². The lowest BCUT2D eigenvalue weighted by atomic mass is 9.80. The second kappa shape index (κ2) is 6.78. The van der Waals surface area contributed by atoms with E-state index < -0.39 is 5.54 Å². The predicted molar refractivity (Wildman–Crippen MR) is 94.8 cm³/mol. The first-order valence-electron chi connectivity index (χ1n) is 9.25. The maximum atomic E-state index is 12.9. The lowest BCUT2D eigenvalue weighted by Crippen LogP contribution is -2.56. The van der Waals surface area contributed by atoms with Gasteiger partial charge in [-0.05, 0) is 47.1 Å². The predicted octanol–water partition coefficient (Wildman–Crippen LogP) is 1.83. The Morgan fingerprint density at radius 1 is 1.40 bits per heavy atom. The van der Waals surface area contributed by atoms with Gasteiger partial charge in [0.1, 0.15) is 11.4 Å². The molecule has 0 saturated carbocycles. The Bertz CT molecular complexity index is 656. The van der Waals surface area contributed by atoms with Crippen molar-refractivity contribution in [1.29, 1.82) is 0 Å². The molecule has 3 heterocycles. The van der Waals surface area contributed by atoms with E-state index >= 15 is 0 Å². The average molecular weight is 347 g/mol. The summed E-state index contributed by atoms with van der Waals surface area (Å²) in [6, 6.07) is -0.382. The minimum absolute atomic E-state index is 0.0885. The zero-order chi connectivity index (χ0) is 18.2. The lowest BCUT2D eigenvalue weighted by molar-refractivity contribution is -0.134. The van der Waals surface area contributed by atoms with E-state index in [1.165, 1.54) is 4.90 Å². The summed E-state index contributed by atoms with van der Waals surface area (Å²) in [6.45, 7) is 11.2. The van der Waals surface area contributed by atoms with Gasteiger partial charge in [0.05, 0.1) is 6.54 Å². The van der Waals surface area contributed by atoms with Crippen LogP contribution in [0.15, 0.2) is 12.4 Å². The van der Waals surface area contributed by atoms with Crippen LogP contribution in [0.3, 0.4) is 0 Å². The molecule has 1 aromatic rings. The molecule has 1 aromatic heterocycles. The molecule has 2 aliphatic heterocycles. The minimum Gasteiger partial charge on any atom is -0.334 e. The van der Waals surface area contributed by atoms with Crippen molar-refractivity contribution in [3.8, 4) is 0 Å². The molecule has 1 N–H and O–H groups in total. The number of aromatic nitrogens is 2. The number of rotatable bonds is 5. The zero-order valence-electron chi connectivity index (χ0n) is 15.7. The summed E-state index contributed by atoms with van der Waals surface area (Å²) in [5.41, 5.74) is -0.805. The van der Waals surface area contributed by atoms with E-state index in [4.69, 9.17) is 0 Å². The summed E-state index contributed by atoms with van der Waals surface area (Å²) in [5.74, 6) is 1.08. The summed E-state index contributed by atoms with van der Waals surface area (Å²) in [5, 5.41) is 2.97. The number of amides is 3. The van der Waals surface area contributed by atoms with Crippen molar-refractivity contribution < 1.29 is 9.59 Å². The summed E-state index contributed by atoms with van der Waals surface area (Å²) < 4.78 is 2.15. The van der Waals surface area contributed by atoms with Gasteiger partial charge >= 0.3 is 6.03 Å². The van der Waals surface area contributed by atoms with Crippen molar-refractivity contribution in [2.24, 2.45) is 5.92 Å². The van der Waals surface area contributed by atoms with E-state index in [9.17, 15) is 9.59 Å². The Balaban J connectivity index is 1.73. The van der Waals surface area contributed by atoms with E-state index in [1.807, 2.05) is 33.2 Å². The number of carbonyl (C=O) groups excluding carboxylic acids is 2. The molecular formula is C18H29N5O2. The Hall–Kier alpha value is -1.89. The van der Waals surface area contributed by atoms with Crippen molar-refractivity contribution in [2.75, 3.05) is 13.1 Å². The summed E-state index contributed by atoms with van der Waals surface area (Å²) >= 11 is 0. The number of imidazole rings is 1. The fraction of sp³-hybridized carbons (Fsp3) is 0.722. The van der Waals surface area contributed by atoms with Gasteiger partial charge in [-0.1, -0.05) is 0 Å². The van der Waals surface area contributed by atoms with Gasteiger partial charge in [0.25, 0.3) is 5.91 Å². The minimum atomic E-state index is -0.805. The van der Waals surface area contributed by atoms with Crippen LogP contribution in [0.5, 0.6) is 0 Å². The SMILES string of the molecule is CCn1ccnc1CN1CCC[C@@H]([C@@]2(C)NC(=O)N(C(C)C)C2=O)C1. The molecule has 3 amide bonds. The van der Waals surface area contributed by atoms with Crippen LogP contribution < -0.4 is 5.32 Å². The normalized spacial score (nSPS) is 28.0. The molecule has 0 aliphatic carbocycles. The van der Waals surface area contributed by atoms with Crippen molar-refractivity contribution in [2.45, 2.75) is 65.2 Å². The van der Waals surface area contributed by atoms with Gasteiger partial charge in [-0.15, -0.1) is 0 Å². The van der Waals surface area contributed by atoms with Crippen LogP contribution >= 0.6 is 0 Å². The van der Waals surface area contributed by atoms with Crippen LogP contribution in [0.25, 0.3) is 0 Å². The molecule has 0 spiro atoms. The molecule has 0 bridgehead atoms. The standard InChI is InChI=1S/C18H29N5O2/c1-5-22-10-8-19-15(22)12-21-9-6-7-14(11-21)18(4)16(24)23(13(2)3)17(25)20-18/h8,10,13-14H,5-7,9,11-12H2,1-4H3,(H,20,25)/t14-,18-/m1/s1. The quantitative estimate of drug-likeness (QED) is 0.825. The third-order valence-corrected chi connectivity index (χ3v) is 5.59. The number of hydrogen-bond acceptors (Lipinski definition) is 4. The first kappa shape index (κ1) is 17.9. The highest BCUT2D eigenvalue weighted by molar-refractivity contribution is 6.07. The van der Waals surface area contributed by atoms with Gasteiger partial charge in [0, 0.05) is 37.4 Å². The number of imide groups is 1. The summed E-state index contributed by atoms with van der Waals surface area (Å²) in [7, 11) is 0. The summed E-state index contributed by atoms with van der Waals surface area (Å²) in [6.07, 6.45) is 5.81. The Morgan fingerprint density at radius 2 is 2.16 bits per heavy atom. The molecule has 138 valence electrons. The first-order chi connectivity index (χ1) is 11.9. The van der Waals surface area contributed by atoms with Crippen LogP contribution in [0, 0.1) is 5.92 Å². The third-order valence-electron chi connectivity index (χ3n) is 5.59. The van der Waals surface area contributed by atoms with Gasteiger partial charge in [-0.2, -0.15) is 0 Å². The third kappa shape index (κ3) is 3.17. The van der Waals surface area contributed by atoms with Crippen molar-refractivity contribution in [3.63, 3.8) is 0 Å². The van der Waals surface area contributed by atoms with Crippen LogP contribution in [0.2, 0.25) is 0 Å². The molecule has 0 unspecified atom stereocenters. The number of urea groups is 1. The average Bonchev–Trinajstić information content (AvgIpc) is 3.10. The second-order valence-electron chi connectivity index (χ2n) is 7.61. The molecule has 0 radical (unpaired) electrons. The molecule has 2 atom stereocenters. The van der Waals surface area contributed by atoms with Gasteiger partial charge < -0.3 is 9.88 Å². The topological polar surface area (TPSA) is 70.5 Å². The zero-order valence-corrected chi connectivity index (χ0v) is 15.7. The molecule has 2 saturated heterocycles. The Kier molecular flexibility index (Phi) is 4.86. The largest absolute Gasteiger partial charge is 0.334 e.